The molecule has 2 aromatic carbocycles. The van der Waals surface area contributed by atoms with Gasteiger partial charge in [-0.1, -0.05) is 73.2 Å². The van der Waals surface area contributed by atoms with Gasteiger partial charge in [0.15, 0.2) is 0 Å². The molecule has 1 N–H and O–H groups in total. The van der Waals surface area contributed by atoms with Gasteiger partial charge in [0, 0.05) is 5.56 Å². The van der Waals surface area contributed by atoms with Gasteiger partial charge < -0.3 is 10.1 Å². The van der Waals surface area contributed by atoms with Crippen molar-refractivity contribution in [2.75, 3.05) is 6.61 Å². The second-order valence-corrected chi connectivity index (χ2v) is 5.62. The van der Waals surface area contributed by atoms with Crippen LogP contribution < -0.4 is 5.32 Å². The predicted molar refractivity (Wildman–Crippen MR) is 96.6 cm³/mol. The van der Waals surface area contributed by atoms with E-state index in [1.807, 2.05) is 61.5 Å². The number of amides is 1. The summed E-state index contributed by atoms with van der Waals surface area (Å²) in [4.78, 5) is 12.0. The Kier molecular flexibility index (Phi) is 6.91. The lowest BCUT2D eigenvalue weighted by Crippen LogP contribution is -2.28. The van der Waals surface area contributed by atoms with Gasteiger partial charge in [0.1, 0.15) is 6.04 Å². The van der Waals surface area contributed by atoms with E-state index in [-0.39, 0.29) is 0 Å². The number of hydrogen-bond acceptors (Lipinski definition) is 2. The molecule has 2 rings (SSSR count). The molecule has 0 aromatic heterocycles. The number of alkyl carbamates (subject to hydrolysis) is 1. The Hall–Kier alpha value is -2.73. The van der Waals surface area contributed by atoms with Gasteiger partial charge in [-0.2, -0.15) is 0 Å². The van der Waals surface area contributed by atoms with E-state index in [9.17, 15) is 4.79 Å². The summed E-state index contributed by atoms with van der Waals surface area (Å²) in [5.74, 6) is 6.25. The minimum Gasteiger partial charge on any atom is -0.450 e. The molecule has 0 saturated heterocycles. The van der Waals surface area contributed by atoms with E-state index in [1.165, 1.54) is 0 Å². The van der Waals surface area contributed by atoms with E-state index in [2.05, 4.69) is 24.1 Å². The van der Waals surface area contributed by atoms with Crippen molar-refractivity contribution in [3.05, 3.63) is 71.3 Å². The Balaban J connectivity index is 2.16. The molecule has 0 bridgehead atoms. The zero-order valence-corrected chi connectivity index (χ0v) is 14.2. The number of benzene rings is 2. The maximum atomic E-state index is 12.0. The van der Waals surface area contributed by atoms with Gasteiger partial charge in [-0.05, 0) is 31.0 Å². The standard InChI is InChI=1S/C21H23NO2/c1-3-4-15-24-21(23)22-20(19-12-8-9-17(2)16-19)14-13-18-10-6-5-7-11-18/h5-12,16,20H,3-4,15H2,1-2H3,(H,22,23). The van der Waals surface area contributed by atoms with Crippen LogP contribution in [-0.4, -0.2) is 12.7 Å². The van der Waals surface area contributed by atoms with Crippen molar-refractivity contribution in [1.82, 2.24) is 5.32 Å². The number of ether oxygens (including phenoxy) is 1. The molecular formula is C21H23NO2. The fourth-order valence-electron chi connectivity index (χ4n) is 2.20. The fourth-order valence-corrected chi connectivity index (χ4v) is 2.20. The van der Waals surface area contributed by atoms with Gasteiger partial charge >= 0.3 is 6.09 Å². The van der Waals surface area contributed by atoms with Crippen LogP contribution in [0.5, 0.6) is 0 Å². The summed E-state index contributed by atoms with van der Waals surface area (Å²) in [6.45, 7) is 4.50. The molecule has 0 aliphatic heterocycles. The molecule has 1 atom stereocenters. The van der Waals surface area contributed by atoms with Gasteiger partial charge in [-0.25, -0.2) is 4.79 Å². The van der Waals surface area contributed by atoms with Crippen LogP contribution in [0, 0.1) is 18.8 Å². The number of hydrogen-bond donors (Lipinski definition) is 1. The Morgan fingerprint density at radius 3 is 2.67 bits per heavy atom. The van der Waals surface area contributed by atoms with Gasteiger partial charge in [0.25, 0.3) is 0 Å². The highest BCUT2D eigenvalue weighted by atomic mass is 16.5. The van der Waals surface area contributed by atoms with Crippen LogP contribution >= 0.6 is 0 Å². The lowest BCUT2D eigenvalue weighted by atomic mass is 10.0. The molecule has 3 nitrogen and oxygen atoms in total. The molecule has 0 saturated carbocycles. The van der Waals surface area contributed by atoms with Gasteiger partial charge in [-0.3, -0.25) is 0 Å². The maximum absolute atomic E-state index is 12.0. The SMILES string of the molecule is CCCCOC(=O)NC(C#Cc1ccccc1)c1cccc(C)c1. The Labute approximate surface area is 144 Å². The average molecular weight is 321 g/mol. The van der Waals surface area contributed by atoms with E-state index >= 15 is 0 Å². The molecule has 0 aliphatic carbocycles. The van der Waals surface area contributed by atoms with Crippen molar-refractivity contribution in [3.8, 4) is 11.8 Å². The van der Waals surface area contributed by atoms with Crippen molar-refractivity contribution >= 4 is 6.09 Å². The van der Waals surface area contributed by atoms with Gasteiger partial charge in [-0.15, -0.1) is 0 Å². The third-order valence-electron chi connectivity index (χ3n) is 3.50. The third-order valence-corrected chi connectivity index (χ3v) is 3.50. The van der Waals surface area contributed by atoms with E-state index in [0.29, 0.717) is 6.61 Å². The molecule has 1 unspecified atom stereocenters. The number of carbonyl (C=O) groups is 1. The van der Waals surface area contributed by atoms with Crippen LogP contribution in [0.25, 0.3) is 0 Å². The number of carbonyl (C=O) groups excluding carboxylic acids is 1. The van der Waals surface area contributed by atoms with E-state index in [4.69, 9.17) is 4.74 Å². The molecular weight excluding hydrogens is 298 g/mol. The second kappa shape index (κ2) is 9.42. The van der Waals surface area contributed by atoms with Crippen LogP contribution in [0.4, 0.5) is 4.79 Å². The van der Waals surface area contributed by atoms with Crippen LogP contribution in [-0.2, 0) is 4.74 Å². The maximum Gasteiger partial charge on any atom is 0.408 e. The van der Waals surface area contributed by atoms with Crippen molar-refractivity contribution in [2.24, 2.45) is 0 Å². The second-order valence-electron chi connectivity index (χ2n) is 5.62. The summed E-state index contributed by atoms with van der Waals surface area (Å²) in [7, 11) is 0. The molecule has 0 aliphatic rings. The lowest BCUT2D eigenvalue weighted by Gasteiger charge is -2.14. The fraction of sp³-hybridized carbons (Fsp3) is 0.286. The van der Waals surface area contributed by atoms with Crippen LogP contribution in [0.3, 0.4) is 0 Å². The highest BCUT2D eigenvalue weighted by Gasteiger charge is 2.13. The Bertz CT molecular complexity index is 713. The summed E-state index contributed by atoms with van der Waals surface area (Å²) in [5, 5.41) is 2.85. The average Bonchev–Trinajstić information content (AvgIpc) is 2.59. The highest BCUT2D eigenvalue weighted by molar-refractivity contribution is 5.68. The highest BCUT2D eigenvalue weighted by Crippen LogP contribution is 2.14. The summed E-state index contributed by atoms with van der Waals surface area (Å²) in [5.41, 5.74) is 2.99. The number of unbranched alkanes of at least 4 members (excludes halogenated alkanes) is 1. The van der Waals surface area contributed by atoms with E-state index in [1.54, 1.807) is 0 Å². The Morgan fingerprint density at radius 1 is 1.17 bits per heavy atom. The van der Waals surface area contributed by atoms with Crippen LogP contribution in [0.1, 0.15) is 42.5 Å². The van der Waals surface area contributed by atoms with Gasteiger partial charge in [0.2, 0.25) is 0 Å². The van der Waals surface area contributed by atoms with E-state index < -0.39 is 12.1 Å². The zero-order valence-electron chi connectivity index (χ0n) is 14.2. The first kappa shape index (κ1) is 17.6. The summed E-state index contributed by atoms with van der Waals surface area (Å²) in [6, 6.07) is 17.3. The van der Waals surface area contributed by atoms with Crippen LogP contribution in [0.15, 0.2) is 54.6 Å². The van der Waals surface area contributed by atoms with Gasteiger partial charge in [0.05, 0.1) is 6.61 Å². The number of rotatable bonds is 5. The zero-order chi connectivity index (χ0) is 17.2. The summed E-state index contributed by atoms with van der Waals surface area (Å²) in [6.07, 6.45) is 1.41. The molecule has 0 heterocycles. The number of nitrogens with one attached hydrogen (secondary N) is 1. The minimum absolute atomic E-state index is 0.403. The predicted octanol–water partition coefficient (Wildman–Crippen LogP) is 4.61. The molecule has 0 fully saturated rings. The topological polar surface area (TPSA) is 38.3 Å². The van der Waals surface area contributed by atoms with Crippen molar-refractivity contribution < 1.29 is 9.53 Å². The summed E-state index contributed by atoms with van der Waals surface area (Å²) < 4.78 is 5.20. The van der Waals surface area contributed by atoms with Crippen LogP contribution in [0.2, 0.25) is 0 Å². The molecule has 3 heteroatoms. The van der Waals surface area contributed by atoms with E-state index in [0.717, 1.165) is 29.5 Å². The third kappa shape index (κ3) is 5.81. The van der Waals surface area contributed by atoms with Crippen molar-refractivity contribution in [3.63, 3.8) is 0 Å². The lowest BCUT2D eigenvalue weighted by molar-refractivity contribution is 0.142. The first-order valence-electron chi connectivity index (χ1n) is 8.25. The first-order chi connectivity index (χ1) is 11.7. The largest absolute Gasteiger partial charge is 0.450 e. The van der Waals surface area contributed by atoms with Crippen molar-refractivity contribution in [1.29, 1.82) is 0 Å². The normalized spacial score (nSPS) is 11.1. The molecule has 0 spiro atoms. The molecule has 2 aromatic rings. The molecule has 1 amide bonds. The monoisotopic (exact) mass is 321 g/mol. The Morgan fingerprint density at radius 2 is 1.96 bits per heavy atom. The van der Waals surface area contributed by atoms with Crippen molar-refractivity contribution in [2.45, 2.75) is 32.7 Å². The smallest absolute Gasteiger partial charge is 0.408 e. The first-order valence-corrected chi connectivity index (χ1v) is 8.25. The molecule has 24 heavy (non-hydrogen) atoms. The molecule has 0 radical (unpaired) electrons. The summed E-state index contributed by atoms with van der Waals surface area (Å²) >= 11 is 0. The quantitative estimate of drug-likeness (QED) is 0.645. The molecule has 124 valence electrons. The number of aryl methyl sites for hydroxylation is 1. The minimum atomic E-state index is -0.433.